The number of hydrazone groups is 1. The van der Waals surface area contributed by atoms with Gasteiger partial charge in [0.25, 0.3) is 5.91 Å². The third-order valence-corrected chi connectivity index (χ3v) is 3.51. The Morgan fingerprint density at radius 2 is 2.12 bits per heavy atom. The molecule has 126 valence electrons. The van der Waals surface area contributed by atoms with Crippen molar-refractivity contribution < 1.29 is 14.3 Å². The van der Waals surface area contributed by atoms with Gasteiger partial charge < -0.3 is 9.47 Å². The first-order valence-electron chi connectivity index (χ1n) is 7.48. The fraction of sp³-hybridized carbons (Fsp3) is 0.235. The van der Waals surface area contributed by atoms with Crippen LogP contribution >= 0.6 is 15.9 Å². The minimum atomic E-state index is -0.325. The summed E-state index contributed by atoms with van der Waals surface area (Å²) in [4.78, 5) is 15.8. The third kappa shape index (κ3) is 4.79. The summed E-state index contributed by atoms with van der Waals surface area (Å²) in [6.45, 7) is 4.86. The number of hydrogen-bond acceptors (Lipinski definition) is 5. The highest BCUT2D eigenvalue weighted by atomic mass is 79.9. The average molecular weight is 392 g/mol. The third-order valence-electron chi connectivity index (χ3n) is 2.92. The summed E-state index contributed by atoms with van der Waals surface area (Å²) in [5.74, 6) is 0.944. The number of ether oxygens (including phenoxy) is 2. The van der Waals surface area contributed by atoms with Gasteiger partial charge in [-0.25, -0.2) is 5.43 Å². The predicted octanol–water partition coefficient (Wildman–Crippen LogP) is 3.41. The van der Waals surface area contributed by atoms with Crippen LogP contribution < -0.4 is 14.9 Å². The van der Waals surface area contributed by atoms with E-state index in [4.69, 9.17) is 9.47 Å². The maximum atomic E-state index is 11.9. The lowest BCUT2D eigenvalue weighted by Crippen LogP contribution is -2.17. The molecule has 7 heteroatoms. The second kappa shape index (κ2) is 9.02. The summed E-state index contributed by atoms with van der Waals surface area (Å²) < 4.78 is 11.9. The van der Waals surface area contributed by atoms with Crippen molar-refractivity contribution in [3.8, 4) is 11.5 Å². The molecule has 1 N–H and O–H groups in total. The molecule has 0 saturated heterocycles. The highest BCUT2D eigenvalue weighted by molar-refractivity contribution is 9.10. The Balaban J connectivity index is 2.12. The molecule has 2 rings (SSSR count). The Hall–Kier alpha value is -2.41. The van der Waals surface area contributed by atoms with E-state index in [9.17, 15) is 4.79 Å². The standard InChI is InChI=1S/C17H18BrN3O3/c1-3-23-15-9-12(8-14(18)16(15)24-4-2)10-20-21-17(22)13-6-5-7-19-11-13/h5-11H,3-4H2,1-2H3,(H,21,22)/b20-10-. The first kappa shape index (κ1) is 17.9. The van der Waals surface area contributed by atoms with Crippen LogP contribution in [0.3, 0.4) is 0 Å². The summed E-state index contributed by atoms with van der Waals surface area (Å²) in [6, 6.07) is 7.00. The van der Waals surface area contributed by atoms with Crippen LogP contribution in [0.1, 0.15) is 29.8 Å². The minimum Gasteiger partial charge on any atom is -0.490 e. The lowest BCUT2D eigenvalue weighted by molar-refractivity contribution is 0.0955. The second-order valence-corrected chi connectivity index (χ2v) is 5.49. The smallest absolute Gasteiger partial charge is 0.272 e. The van der Waals surface area contributed by atoms with E-state index in [1.807, 2.05) is 19.9 Å². The monoisotopic (exact) mass is 391 g/mol. The molecule has 24 heavy (non-hydrogen) atoms. The van der Waals surface area contributed by atoms with Crippen LogP contribution in [0.4, 0.5) is 0 Å². The van der Waals surface area contributed by atoms with Crippen LogP contribution in [0.25, 0.3) is 0 Å². The van der Waals surface area contributed by atoms with Crippen molar-refractivity contribution in [1.82, 2.24) is 10.4 Å². The number of amides is 1. The van der Waals surface area contributed by atoms with Crippen LogP contribution in [0.15, 0.2) is 46.2 Å². The normalized spacial score (nSPS) is 10.6. The molecule has 0 aliphatic carbocycles. The Morgan fingerprint density at radius 1 is 1.33 bits per heavy atom. The number of nitrogens with zero attached hydrogens (tertiary/aromatic N) is 2. The van der Waals surface area contributed by atoms with Gasteiger partial charge in [0.1, 0.15) is 0 Å². The summed E-state index contributed by atoms with van der Waals surface area (Å²) in [5.41, 5.74) is 3.67. The molecule has 1 heterocycles. The van der Waals surface area contributed by atoms with Gasteiger partial charge in [-0.3, -0.25) is 9.78 Å². The highest BCUT2D eigenvalue weighted by Gasteiger charge is 2.11. The zero-order valence-electron chi connectivity index (χ0n) is 13.5. The molecule has 0 bridgehead atoms. The fourth-order valence-electron chi connectivity index (χ4n) is 1.94. The van der Waals surface area contributed by atoms with E-state index >= 15 is 0 Å². The van der Waals surface area contributed by atoms with E-state index in [0.29, 0.717) is 30.3 Å². The quantitative estimate of drug-likeness (QED) is 0.579. The molecule has 6 nitrogen and oxygen atoms in total. The van der Waals surface area contributed by atoms with Crippen molar-refractivity contribution in [1.29, 1.82) is 0 Å². The molecule has 1 amide bonds. The molecule has 0 atom stereocenters. The van der Waals surface area contributed by atoms with Gasteiger partial charge in [-0.1, -0.05) is 0 Å². The summed E-state index contributed by atoms with van der Waals surface area (Å²) >= 11 is 3.46. The minimum absolute atomic E-state index is 0.325. The lowest BCUT2D eigenvalue weighted by atomic mass is 10.2. The van der Waals surface area contributed by atoms with E-state index in [1.54, 1.807) is 24.4 Å². The van der Waals surface area contributed by atoms with Gasteiger partial charge in [-0.15, -0.1) is 0 Å². The van der Waals surface area contributed by atoms with Gasteiger partial charge in [0.15, 0.2) is 11.5 Å². The Labute approximate surface area is 149 Å². The van der Waals surface area contributed by atoms with Crippen molar-refractivity contribution in [2.45, 2.75) is 13.8 Å². The van der Waals surface area contributed by atoms with Gasteiger partial charge in [0, 0.05) is 12.4 Å². The highest BCUT2D eigenvalue weighted by Crippen LogP contribution is 2.36. The number of pyridine rings is 1. The van der Waals surface area contributed by atoms with Crippen molar-refractivity contribution in [3.05, 3.63) is 52.3 Å². The fourth-order valence-corrected chi connectivity index (χ4v) is 2.51. The van der Waals surface area contributed by atoms with Crippen LogP contribution in [0.5, 0.6) is 11.5 Å². The molecule has 0 unspecified atom stereocenters. The topological polar surface area (TPSA) is 72.8 Å². The van der Waals surface area contributed by atoms with Gasteiger partial charge in [-0.2, -0.15) is 5.10 Å². The summed E-state index contributed by atoms with van der Waals surface area (Å²) in [7, 11) is 0. The number of halogens is 1. The molecule has 0 spiro atoms. The number of nitrogens with one attached hydrogen (secondary N) is 1. The molecule has 1 aromatic heterocycles. The first-order valence-corrected chi connectivity index (χ1v) is 8.27. The van der Waals surface area contributed by atoms with Gasteiger partial charge >= 0.3 is 0 Å². The molecular formula is C17H18BrN3O3. The van der Waals surface area contributed by atoms with Crippen LogP contribution in [0.2, 0.25) is 0 Å². The van der Waals surface area contributed by atoms with E-state index in [0.717, 1.165) is 10.0 Å². The molecule has 0 saturated carbocycles. The summed E-state index contributed by atoms with van der Waals surface area (Å²) in [5, 5.41) is 3.97. The van der Waals surface area contributed by atoms with Crippen LogP contribution in [-0.2, 0) is 0 Å². The zero-order chi connectivity index (χ0) is 17.4. The van der Waals surface area contributed by atoms with E-state index in [1.165, 1.54) is 12.4 Å². The molecule has 0 aliphatic heterocycles. The van der Waals surface area contributed by atoms with Crippen LogP contribution in [0, 0.1) is 0 Å². The Morgan fingerprint density at radius 3 is 2.79 bits per heavy atom. The molecule has 0 fully saturated rings. The van der Waals surface area contributed by atoms with Gasteiger partial charge in [-0.05, 0) is 59.6 Å². The van der Waals surface area contributed by atoms with E-state index < -0.39 is 0 Å². The van der Waals surface area contributed by atoms with Crippen molar-refractivity contribution >= 4 is 28.1 Å². The maximum Gasteiger partial charge on any atom is 0.272 e. The van der Waals surface area contributed by atoms with Crippen molar-refractivity contribution in [2.75, 3.05) is 13.2 Å². The zero-order valence-corrected chi connectivity index (χ0v) is 15.0. The summed E-state index contributed by atoms with van der Waals surface area (Å²) in [6.07, 6.45) is 4.62. The largest absolute Gasteiger partial charge is 0.490 e. The molecular weight excluding hydrogens is 374 g/mol. The molecule has 0 radical (unpaired) electrons. The predicted molar refractivity (Wildman–Crippen MR) is 95.8 cm³/mol. The second-order valence-electron chi connectivity index (χ2n) is 4.64. The molecule has 1 aromatic carbocycles. The average Bonchev–Trinajstić information content (AvgIpc) is 2.59. The molecule has 0 aliphatic rings. The van der Waals surface area contributed by atoms with E-state index in [-0.39, 0.29) is 5.91 Å². The maximum absolute atomic E-state index is 11.9. The number of carbonyl (C=O) groups excluding carboxylic acids is 1. The van der Waals surface area contributed by atoms with Gasteiger partial charge in [0.2, 0.25) is 0 Å². The number of benzene rings is 1. The SMILES string of the molecule is CCOc1cc(/C=N\NC(=O)c2cccnc2)cc(Br)c1OCC. The van der Waals surface area contributed by atoms with Crippen molar-refractivity contribution in [3.63, 3.8) is 0 Å². The number of aromatic nitrogens is 1. The Bertz CT molecular complexity index is 721. The van der Waals surface area contributed by atoms with Gasteiger partial charge in [0.05, 0.1) is 29.5 Å². The first-order chi connectivity index (χ1) is 11.7. The molecule has 2 aromatic rings. The van der Waals surface area contributed by atoms with E-state index in [2.05, 4.69) is 31.4 Å². The number of hydrogen-bond donors (Lipinski definition) is 1. The lowest BCUT2D eigenvalue weighted by Gasteiger charge is -2.13. The van der Waals surface area contributed by atoms with Crippen LogP contribution in [-0.4, -0.2) is 30.3 Å². The number of carbonyl (C=O) groups is 1. The number of rotatable bonds is 7. The van der Waals surface area contributed by atoms with Crippen molar-refractivity contribution in [2.24, 2.45) is 5.10 Å². The Kier molecular flexibility index (Phi) is 6.74.